The number of amidine groups is 1. The molecule has 5 nitrogen and oxygen atoms in total. The lowest BCUT2D eigenvalue weighted by Crippen LogP contribution is -2.18. The molecule has 1 heterocycles. The van der Waals surface area contributed by atoms with Crippen molar-refractivity contribution in [2.45, 2.75) is 0 Å². The number of nitrogens with zero attached hydrogens (tertiary/aromatic N) is 1. The Hall–Kier alpha value is -2.14. The topological polar surface area (TPSA) is 89.2 Å². The maximum absolute atomic E-state index is 9.49. The molecule has 1 aromatic carbocycles. The van der Waals surface area contributed by atoms with Crippen molar-refractivity contribution in [3.8, 4) is 5.88 Å². The van der Waals surface area contributed by atoms with Gasteiger partial charge in [-0.2, -0.15) is 0 Å². The summed E-state index contributed by atoms with van der Waals surface area (Å²) in [7, 11) is 0. The van der Waals surface area contributed by atoms with Crippen molar-refractivity contribution in [3.63, 3.8) is 0 Å². The van der Waals surface area contributed by atoms with Crippen LogP contribution in [0.5, 0.6) is 5.88 Å². The van der Waals surface area contributed by atoms with Gasteiger partial charge in [0.15, 0.2) is 0 Å². The second-order valence-electron chi connectivity index (χ2n) is 3.06. The van der Waals surface area contributed by atoms with Crippen LogP contribution in [0.25, 0.3) is 10.8 Å². The normalized spacial score (nSPS) is 10.2. The Morgan fingerprint density at radius 2 is 2.13 bits per heavy atom. The third-order valence-electron chi connectivity index (χ3n) is 2.15. The highest BCUT2D eigenvalue weighted by Crippen LogP contribution is 2.22. The van der Waals surface area contributed by atoms with Crippen LogP contribution in [-0.2, 0) is 0 Å². The average molecular weight is 203 g/mol. The van der Waals surface area contributed by atoms with Crippen LogP contribution in [0.3, 0.4) is 0 Å². The highest BCUT2D eigenvalue weighted by molar-refractivity contribution is 6.00. The highest BCUT2D eigenvalue weighted by Gasteiger charge is 2.04. The Kier molecular flexibility index (Phi) is 2.23. The number of pyridine rings is 1. The third-order valence-corrected chi connectivity index (χ3v) is 2.15. The average Bonchev–Trinajstić information content (AvgIpc) is 2.28. The molecule has 0 fully saturated rings. The van der Waals surface area contributed by atoms with Crippen molar-refractivity contribution < 1.29 is 10.3 Å². The van der Waals surface area contributed by atoms with E-state index in [0.717, 1.165) is 5.39 Å². The molecule has 1 aromatic heterocycles. The predicted molar refractivity (Wildman–Crippen MR) is 55.2 cm³/mol. The lowest BCUT2D eigenvalue weighted by molar-refractivity contribution is 0.234. The number of benzene rings is 1. The van der Waals surface area contributed by atoms with E-state index in [4.69, 9.17) is 10.6 Å². The second kappa shape index (κ2) is 3.55. The van der Waals surface area contributed by atoms with E-state index < -0.39 is 0 Å². The van der Waals surface area contributed by atoms with Crippen LogP contribution in [0.1, 0.15) is 5.56 Å². The Morgan fingerprint density at radius 3 is 2.87 bits per heavy atom. The van der Waals surface area contributed by atoms with Gasteiger partial charge in [0, 0.05) is 17.1 Å². The summed E-state index contributed by atoms with van der Waals surface area (Å²) in [5.41, 5.74) is 2.23. The molecule has 2 rings (SSSR count). The third kappa shape index (κ3) is 1.60. The molecule has 2 aromatic rings. The van der Waals surface area contributed by atoms with Gasteiger partial charge in [-0.1, -0.05) is 12.1 Å². The van der Waals surface area contributed by atoms with Crippen LogP contribution in [0, 0.1) is 5.41 Å². The maximum atomic E-state index is 9.49. The van der Waals surface area contributed by atoms with Crippen molar-refractivity contribution >= 4 is 16.6 Å². The summed E-state index contributed by atoms with van der Waals surface area (Å²) in [6, 6.07) is 6.77. The molecule has 0 spiro atoms. The lowest BCUT2D eigenvalue weighted by atomic mass is 10.1. The zero-order valence-corrected chi connectivity index (χ0v) is 7.73. The standard InChI is InChI=1S/C10H9N3O2/c11-9(13-15)7-2-1-6-3-4-12-10(14)8(6)5-7/h1-5,15H,(H2,11,13)(H,12,14). The number of aromatic hydroxyl groups is 1. The fourth-order valence-electron chi connectivity index (χ4n) is 1.37. The number of fused-ring (bicyclic) bond motifs is 1. The Bertz CT molecular complexity index is 525. The highest BCUT2D eigenvalue weighted by atomic mass is 16.5. The molecule has 0 saturated heterocycles. The summed E-state index contributed by atoms with van der Waals surface area (Å²) in [5, 5.41) is 26.8. The minimum absolute atomic E-state index is 0.0833. The number of nitrogens with one attached hydrogen (secondary N) is 2. The van der Waals surface area contributed by atoms with Crippen LogP contribution in [0.4, 0.5) is 0 Å². The van der Waals surface area contributed by atoms with Gasteiger partial charge < -0.3 is 5.11 Å². The van der Waals surface area contributed by atoms with Gasteiger partial charge >= 0.3 is 0 Å². The van der Waals surface area contributed by atoms with Crippen LogP contribution >= 0.6 is 0 Å². The van der Waals surface area contributed by atoms with Gasteiger partial charge in [0.2, 0.25) is 5.88 Å². The van der Waals surface area contributed by atoms with E-state index >= 15 is 0 Å². The molecule has 0 unspecified atom stereocenters. The van der Waals surface area contributed by atoms with E-state index in [1.807, 2.05) is 0 Å². The Balaban J connectivity index is 2.64. The number of hydrogen-bond acceptors (Lipinski definition) is 4. The molecule has 0 aliphatic heterocycles. The van der Waals surface area contributed by atoms with E-state index in [1.54, 1.807) is 29.7 Å². The first-order valence-electron chi connectivity index (χ1n) is 4.29. The fourth-order valence-corrected chi connectivity index (χ4v) is 1.37. The molecule has 0 amide bonds. The summed E-state index contributed by atoms with van der Waals surface area (Å²) in [5.74, 6) is -0.208. The van der Waals surface area contributed by atoms with Gasteiger partial charge in [-0.05, 0) is 17.5 Å². The number of hydroxylamine groups is 1. The molecular formula is C10H9N3O2. The van der Waals surface area contributed by atoms with E-state index in [2.05, 4.69) is 4.98 Å². The van der Waals surface area contributed by atoms with Crippen LogP contribution < -0.4 is 5.48 Å². The van der Waals surface area contributed by atoms with Crippen LogP contribution in [-0.4, -0.2) is 21.1 Å². The summed E-state index contributed by atoms with van der Waals surface area (Å²) in [6.07, 6.45) is 1.51. The smallest absolute Gasteiger partial charge is 0.218 e. The summed E-state index contributed by atoms with van der Waals surface area (Å²) >= 11 is 0. The van der Waals surface area contributed by atoms with Crippen molar-refractivity contribution in [1.82, 2.24) is 10.5 Å². The van der Waals surface area contributed by atoms with Crippen LogP contribution in [0.2, 0.25) is 0 Å². The zero-order chi connectivity index (χ0) is 10.8. The fraction of sp³-hybridized carbons (Fsp3) is 0. The largest absolute Gasteiger partial charge is 0.493 e. The first-order chi connectivity index (χ1) is 7.22. The van der Waals surface area contributed by atoms with Gasteiger partial charge in [0.25, 0.3) is 0 Å². The predicted octanol–water partition coefficient (Wildman–Crippen LogP) is 1.24. The minimum atomic E-state index is -0.125. The van der Waals surface area contributed by atoms with Gasteiger partial charge in [0.05, 0.1) is 0 Å². The maximum Gasteiger partial charge on any atom is 0.218 e. The van der Waals surface area contributed by atoms with Gasteiger partial charge in [0.1, 0.15) is 5.84 Å². The van der Waals surface area contributed by atoms with Crippen molar-refractivity contribution in [1.29, 1.82) is 5.41 Å². The van der Waals surface area contributed by atoms with E-state index in [0.29, 0.717) is 10.9 Å². The van der Waals surface area contributed by atoms with Crippen molar-refractivity contribution in [3.05, 3.63) is 36.0 Å². The Labute approximate surface area is 85.5 Å². The van der Waals surface area contributed by atoms with Gasteiger partial charge in [-0.25, -0.2) is 4.98 Å². The molecule has 0 aliphatic carbocycles. The summed E-state index contributed by atoms with van der Waals surface area (Å²) in [4.78, 5) is 3.74. The SMILES string of the molecule is N=C(NO)c1ccc2ccnc(O)c2c1. The zero-order valence-electron chi connectivity index (χ0n) is 7.73. The van der Waals surface area contributed by atoms with Gasteiger partial charge in [-0.15, -0.1) is 0 Å². The van der Waals surface area contributed by atoms with E-state index in [1.165, 1.54) is 6.20 Å². The number of rotatable bonds is 1. The molecule has 5 heteroatoms. The van der Waals surface area contributed by atoms with Crippen molar-refractivity contribution in [2.75, 3.05) is 0 Å². The number of aromatic nitrogens is 1. The number of hydrogen-bond donors (Lipinski definition) is 4. The molecular weight excluding hydrogens is 194 g/mol. The molecule has 0 atom stereocenters. The second-order valence-corrected chi connectivity index (χ2v) is 3.06. The van der Waals surface area contributed by atoms with Crippen molar-refractivity contribution in [2.24, 2.45) is 0 Å². The molecule has 0 radical (unpaired) electrons. The van der Waals surface area contributed by atoms with E-state index in [9.17, 15) is 5.11 Å². The molecule has 76 valence electrons. The minimum Gasteiger partial charge on any atom is -0.493 e. The monoisotopic (exact) mass is 203 g/mol. The molecule has 0 bridgehead atoms. The van der Waals surface area contributed by atoms with Gasteiger partial charge in [-0.3, -0.25) is 16.1 Å². The van der Waals surface area contributed by atoms with Crippen LogP contribution in [0.15, 0.2) is 30.5 Å². The summed E-state index contributed by atoms with van der Waals surface area (Å²) < 4.78 is 0. The summed E-state index contributed by atoms with van der Waals surface area (Å²) in [6.45, 7) is 0. The molecule has 4 N–H and O–H groups in total. The van der Waals surface area contributed by atoms with E-state index in [-0.39, 0.29) is 11.7 Å². The molecule has 15 heavy (non-hydrogen) atoms. The first-order valence-corrected chi connectivity index (χ1v) is 4.29. The molecule has 0 saturated carbocycles. The lowest BCUT2D eigenvalue weighted by Gasteiger charge is -2.04. The quantitative estimate of drug-likeness (QED) is 0.319. The molecule has 0 aliphatic rings. The Morgan fingerprint density at radius 1 is 1.33 bits per heavy atom. The first kappa shape index (κ1) is 9.42.